The minimum absolute atomic E-state index is 0.0000492. The predicted molar refractivity (Wildman–Crippen MR) is 76.7 cm³/mol. The number of sulfonamides is 1. The van der Waals surface area contributed by atoms with Gasteiger partial charge in [0.05, 0.1) is 18.1 Å². The van der Waals surface area contributed by atoms with Crippen molar-refractivity contribution in [1.29, 1.82) is 0 Å². The van der Waals surface area contributed by atoms with Crippen LogP contribution in [0, 0.1) is 11.6 Å². The van der Waals surface area contributed by atoms with Crippen molar-refractivity contribution in [1.82, 2.24) is 4.31 Å². The zero-order valence-corrected chi connectivity index (χ0v) is 13.9. The molecule has 2 saturated heterocycles. The van der Waals surface area contributed by atoms with Gasteiger partial charge >= 0.3 is 0 Å². The Hall–Kier alpha value is -0.610. The van der Waals surface area contributed by atoms with Crippen molar-refractivity contribution in [2.24, 2.45) is 0 Å². The first kappa shape index (κ1) is 16.3. The van der Waals surface area contributed by atoms with Crippen LogP contribution >= 0.6 is 15.9 Å². The van der Waals surface area contributed by atoms with Gasteiger partial charge in [-0.25, -0.2) is 17.2 Å². The van der Waals surface area contributed by atoms with Crippen molar-refractivity contribution in [3.8, 4) is 0 Å². The van der Waals surface area contributed by atoms with Crippen LogP contribution in [-0.2, 0) is 19.5 Å². The molecule has 1 aromatic rings. The van der Waals surface area contributed by atoms with E-state index < -0.39 is 27.4 Å². The Labute approximate surface area is 135 Å². The van der Waals surface area contributed by atoms with Crippen molar-refractivity contribution >= 4 is 26.0 Å². The average Bonchev–Trinajstić information content (AvgIpc) is 2.91. The second kappa shape index (κ2) is 5.79. The molecule has 1 aromatic carbocycles. The van der Waals surface area contributed by atoms with Gasteiger partial charge in [0.15, 0.2) is 17.4 Å². The molecule has 0 radical (unpaired) electrons. The molecule has 0 amide bonds. The van der Waals surface area contributed by atoms with Gasteiger partial charge in [-0.15, -0.1) is 0 Å². The molecule has 122 valence electrons. The lowest BCUT2D eigenvalue weighted by Gasteiger charge is -2.36. The van der Waals surface area contributed by atoms with E-state index in [0.717, 1.165) is 6.07 Å². The molecular formula is C13H14BrF2NO4S. The number of nitrogens with zero attached hydrogens (tertiary/aromatic N) is 1. The highest BCUT2D eigenvalue weighted by atomic mass is 79.9. The van der Waals surface area contributed by atoms with Crippen molar-refractivity contribution in [2.75, 3.05) is 26.3 Å². The molecule has 0 saturated carbocycles. The lowest BCUT2D eigenvalue weighted by Crippen LogP contribution is -2.47. The second-order valence-corrected chi connectivity index (χ2v) is 7.97. The summed E-state index contributed by atoms with van der Waals surface area (Å²) in [4.78, 5) is -0.282. The molecule has 9 heteroatoms. The normalized spacial score (nSPS) is 22.3. The highest BCUT2D eigenvalue weighted by Crippen LogP contribution is 2.35. The lowest BCUT2D eigenvalue weighted by atomic mass is 10.1. The zero-order valence-electron chi connectivity index (χ0n) is 11.5. The summed E-state index contributed by atoms with van der Waals surface area (Å²) < 4.78 is 64.0. The van der Waals surface area contributed by atoms with Gasteiger partial charge in [0, 0.05) is 30.4 Å². The summed E-state index contributed by atoms with van der Waals surface area (Å²) in [6, 6.07) is 1.51. The molecule has 2 aliphatic heterocycles. The van der Waals surface area contributed by atoms with E-state index in [2.05, 4.69) is 15.9 Å². The Morgan fingerprint density at radius 1 is 1.09 bits per heavy atom. The van der Waals surface area contributed by atoms with E-state index in [0.29, 0.717) is 32.1 Å². The lowest BCUT2D eigenvalue weighted by molar-refractivity contribution is -0.179. The molecule has 2 fully saturated rings. The van der Waals surface area contributed by atoms with Gasteiger partial charge in [-0.1, -0.05) is 0 Å². The van der Waals surface area contributed by atoms with E-state index in [4.69, 9.17) is 9.47 Å². The van der Waals surface area contributed by atoms with E-state index in [9.17, 15) is 17.2 Å². The summed E-state index contributed by atoms with van der Waals surface area (Å²) in [5.74, 6) is -2.99. The minimum Gasteiger partial charge on any atom is -0.347 e. The third-order valence-electron chi connectivity index (χ3n) is 3.89. The van der Waals surface area contributed by atoms with E-state index in [-0.39, 0.29) is 22.5 Å². The quantitative estimate of drug-likeness (QED) is 0.718. The first-order chi connectivity index (χ1) is 10.3. The van der Waals surface area contributed by atoms with Gasteiger partial charge in [0.25, 0.3) is 0 Å². The maximum Gasteiger partial charge on any atom is 0.244 e. The van der Waals surface area contributed by atoms with Crippen LogP contribution in [0.2, 0.25) is 0 Å². The topological polar surface area (TPSA) is 55.8 Å². The molecule has 0 N–H and O–H groups in total. The highest BCUT2D eigenvalue weighted by Gasteiger charge is 2.43. The highest BCUT2D eigenvalue weighted by molar-refractivity contribution is 9.10. The molecular weight excluding hydrogens is 384 g/mol. The van der Waals surface area contributed by atoms with Crippen LogP contribution in [0.1, 0.15) is 12.8 Å². The fourth-order valence-electron chi connectivity index (χ4n) is 2.69. The van der Waals surface area contributed by atoms with Crippen LogP contribution in [0.25, 0.3) is 0 Å². The van der Waals surface area contributed by atoms with Crippen molar-refractivity contribution in [2.45, 2.75) is 23.5 Å². The van der Waals surface area contributed by atoms with E-state index in [1.165, 1.54) is 4.31 Å². The van der Waals surface area contributed by atoms with Crippen molar-refractivity contribution < 1.29 is 26.7 Å². The fourth-order valence-corrected chi connectivity index (χ4v) is 5.12. The molecule has 3 rings (SSSR count). The zero-order chi connectivity index (χ0) is 16.0. The van der Waals surface area contributed by atoms with Gasteiger partial charge in [0.1, 0.15) is 0 Å². The van der Waals surface area contributed by atoms with Gasteiger partial charge in [-0.3, -0.25) is 0 Å². The third-order valence-corrected chi connectivity index (χ3v) is 6.75. The summed E-state index contributed by atoms with van der Waals surface area (Å²) in [6.07, 6.45) is 0.820. The maximum absolute atomic E-state index is 13.4. The Balaban J connectivity index is 1.84. The summed E-state index contributed by atoms with van der Waals surface area (Å²) >= 11 is 2.98. The number of piperidine rings is 1. The molecule has 1 spiro atoms. The standard InChI is InChI=1S/C13H14BrF2NO4S/c14-9-7-10(15)11(16)8-12(9)22(18,19)17-3-1-13(2-4-17)20-5-6-21-13/h7-8H,1-6H2. The SMILES string of the molecule is O=S(=O)(c1cc(F)c(F)cc1Br)N1CCC2(CC1)OCCO2. The van der Waals surface area contributed by atoms with Gasteiger partial charge in [-0.2, -0.15) is 4.31 Å². The molecule has 5 nitrogen and oxygen atoms in total. The number of hydrogen-bond acceptors (Lipinski definition) is 4. The maximum atomic E-state index is 13.4. The molecule has 22 heavy (non-hydrogen) atoms. The molecule has 0 aromatic heterocycles. The largest absolute Gasteiger partial charge is 0.347 e. The Morgan fingerprint density at radius 3 is 2.23 bits per heavy atom. The number of hydrogen-bond donors (Lipinski definition) is 0. The number of ether oxygens (including phenoxy) is 2. The predicted octanol–water partition coefficient (Wildman–Crippen LogP) is 2.25. The van der Waals surface area contributed by atoms with Crippen molar-refractivity contribution in [3.63, 3.8) is 0 Å². The van der Waals surface area contributed by atoms with Gasteiger partial charge < -0.3 is 9.47 Å². The van der Waals surface area contributed by atoms with E-state index >= 15 is 0 Å². The molecule has 0 bridgehead atoms. The molecule has 2 heterocycles. The molecule has 0 aliphatic carbocycles. The van der Waals surface area contributed by atoms with Crippen LogP contribution in [0.5, 0.6) is 0 Å². The Morgan fingerprint density at radius 2 is 1.64 bits per heavy atom. The van der Waals surface area contributed by atoms with E-state index in [1.54, 1.807) is 0 Å². The van der Waals surface area contributed by atoms with Crippen LogP contribution < -0.4 is 0 Å². The van der Waals surface area contributed by atoms with Crippen LogP contribution in [-0.4, -0.2) is 44.8 Å². The first-order valence-corrected chi connectivity index (χ1v) is 9.00. The van der Waals surface area contributed by atoms with Crippen LogP contribution in [0.3, 0.4) is 0 Å². The fraction of sp³-hybridized carbons (Fsp3) is 0.538. The molecule has 0 atom stereocenters. The summed E-state index contributed by atoms with van der Waals surface area (Å²) in [5.41, 5.74) is 0. The smallest absolute Gasteiger partial charge is 0.244 e. The monoisotopic (exact) mass is 397 g/mol. The minimum atomic E-state index is -3.91. The first-order valence-electron chi connectivity index (χ1n) is 6.77. The van der Waals surface area contributed by atoms with Crippen LogP contribution in [0.4, 0.5) is 8.78 Å². The third kappa shape index (κ3) is 2.80. The van der Waals surface area contributed by atoms with E-state index in [1.807, 2.05) is 0 Å². The Kier molecular flexibility index (Phi) is 4.28. The molecule has 0 unspecified atom stereocenters. The van der Waals surface area contributed by atoms with Crippen molar-refractivity contribution in [3.05, 3.63) is 28.2 Å². The average molecular weight is 398 g/mol. The molecule has 2 aliphatic rings. The second-order valence-electron chi connectivity index (χ2n) is 5.21. The number of halogens is 3. The van der Waals surface area contributed by atoms with Gasteiger partial charge in [-0.05, 0) is 28.1 Å². The number of rotatable bonds is 2. The summed E-state index contributed by atoms with van der Waals surface area (Å²) in [5, 5.41) is 0. The van der Waals surface area contributed by atoms with Crippen LogP contribution in [0.15, 0.2) is 21.5 Å². The Bertz CT molecular complexity index is 682. The summed E-state index contributed by atoms with van der Waals surface area (Å²) in [6.45, 7) is 1.41. The number of benzene rings is 1. The summed E-state index contributed by atoms with van der Waals surface area (Å²) in [7, 11) is -3.91. The van der Waals surface area contributed by atoms with Gasteiger partial charge in [0.2, 0.25) is 10.0 Å².